The highest BCUT2D eigenvalue weighted by atomic mass is 32.2. The molecular formula is C27H36N2O5S. The van der Waals surface area contributed by atoms with Crippen LogP contribution in [-0.2, 0) is 27.7 Å². The van der Waals surface area contributed by atoms with E-state index in [4.69, 9.17) is 5.11 Å². The molecule has 0 aromatic heterocycles. The molecule has 0 radical (unpaired) electrons. The molecule has 0 spiro atoms. The van der Waals surface area contributed by atoms with E-state index in [9.17, 15) is 18.3 Å². The summed E-state index contributed by atoms with van der Waals surface area (Å²) in [5, 5.41) is 22.8. The molecular weight excluding hydrogens is 464 g/mol. The fourth-order valence-corrected chi connectivity index (χ4v) is 6.07. The summed E-state index contributed by atoms with van der Waals surface area (Å²) in [6.45, 7) is 6.20. The highest BCUT2D eigenvalue weighted by Crippen LogP contribution is 2.31. The third-order valence-electron chi connectivity index (χ3n) is 6.57. The summed E-state index contributed by atoms with van der Waals surface area (Å²) in [6, 6.07) is 13.1. The van der Waals surface area contributed by atoms with E-state index in [1.807, 2.05) is 0 Å². The molecule has 1 aliphatic rings. The van der Waals surface area contributed by atoms with Gasteiger partial charge in [-0.25, -0.2) is 13.2 Å². The number of aryl methyl sites for hydroxylation is 1. The number of carboxylic acid groups (broad SMARTS) is 1. The molecule has 190 valence electrons. The minimum atomic E-state index is -3.80. The maximum Gasteiger partial charge on any atom is 0.328 e. The number of β-amino-alcohol motifs (C(OH)–C–C–N with tert-alkyl or cyclic N) is 1. The van der Waals surface area contributed by atoms with Crippen LogP contribution in [0.2, 0.25) is 0 Å². The standard InChI is InChI=1S/C27H36N2O5S/c1-19-13-25(11-9-21(19)10-12-26(31)32)35(33,34)29(4)18-24(30)17-28-27(2,3)16-20-14-22-7-5-6-8-23(22)15-20/h5-13,20,24,28,30H,14-18H2,1-4H3,(H,31,32). The summed E-state index contributed by atoms with van der Waals surface area (Å²) in [6.07, 6.45) is 4.67. The highest BCUT2D eigenvalue weighted by molar-refractivity contribution is 7.89. The number of aliphatic hydroxyl groups is 1. The van der Waals surface area contributed by atoms with Crippen molar-refractivity contribution in [3.8, 4) is 0 Å². The van der Waals surface area contributed by atoms with Crippen LogP contribution in [0.25, 0.3) is 6.08 Å². The van der Waals surface area contributed by atoms with Crippen LogP contribution in [0.3, 0.4) is 0 Å². The molecule has 0 aliphatic heterocycles. The number of carboxylic acids is 1. The number of hydrogen-bond donors (Lipinski definition) is 3. The number of hydrogen-bond acceptors (Lipinski definition) is 5. The van der Waals surface area contributed by atoms with E-state index in [-0.39, 0.29) is 23.5 Å². The first kappa shape index (κ1) is 27.1. The second-order valence-electron chi connectivity index (χ2n) is 10.1. The molecule has 0 fully saturated rings. The predicted molar refractivity (Wildman–Crippen MR) is 138 cm³/mol. The zero-order chi connectivity index (χ0) is 25.8. The number of sulfonamides is 1. The van der Waals surface area contributed by atoms with Gasteiger partial charge in [0, 0.05) is 31.8 Å². The van der Waals surface area contributed by atoms with E-state index in [0.29, 0.717) is 17.0 Å². The van der Waals surface area contributed by atoms with E-state index < -0.39 is 22.1 Å². The number of carbonyl (C=O) groups is 1. The van der Waals surface area contributed by atoms with Gasteiger partial charge in [0.05, 0.1) is 11.0 Å². The summed E-state index contributed by atoms with van der Waals surface area (Å²) in [4.78, 5) is 10.8. The molecule has 0 heterocycles. The topological polar surface area (TPSA) is 107 Å². The SMILES string of the molecule is Cc1cc(S(=O)(=O)N(C)CC(O)CNC(C)(C)CC2Cc3ccccc3C2)ccc1C=CC(=O)O. The van der Waals surface area contributed by atoms with E-state index in [2.05, 4.69) is 43.4 Å². The molecule has 0 saturated heterocycles. The van der Waals surface area contributed by atoms with Crippen LogP contribution in [0.5, 0.6) is 0 Å². The average Bonchev–Trinajstić information content (AvgIpc) is 3.18. The van der Waals surface area contributed by atoms with Gasteiger partial charge in [-0.15, -0.1) is 0 Å². The Morgan fingerprint density at radius 3 is 2.40 bits per heavy atom. The van der Waals surface area contributed by atoms with Gasteiger partial charge in [0.2, 0.25) is 10.0 Å². The van der Waals surface area contributed by atoms with Crippen molar-refractivity contribution in [1.82, 2.24) is 9.62 Å². The minimum Gasteiger partial charge on any atom is -0.478 e. The van der Waals surface area contributed by atoms with Gasteiger partial charge in [-0.2, -0.15) is 4.31 Å². The van der Waals surface area contributed by atoms with Gasteiger partial charge in [-0.1, -0.05) is 30.3 Å². The van der Waals surface area contributed by atoms with Gasteiger partial charge in [0.1, 0.15) is 0 Å². The third kappa shape index (κ3) is 7.24. The van der Waals surface area contributed by atoms with Crippen LogP contribution in [0, 0.1) is 12.8 Å². The first-order valence-corrected chi connectivity index (χ1v) is 13.3. The average molecular weight is 501 g/mol. The molecule has 0 saturated carbocycles. The molecule has 3 rings (SSSR count). The number of nitrogens with zero attached hydrogens (tertiary/aromatic N) is 1. The number of likely N-dealkylation sites (N-methyl/N-ethyl adjacent to an activating group) is 1. The minimum absolute atomic E-state index is 0.0417. The van der Waals surface area contributed by atoms with Gasteiger partial charge in [-0.3, -0.25) is 0 Å². The van der Waals surface area contributed by atoms with Gasteiger partial charge >= 0.3 is 5.97 Å². The Bertz CT molecular complexity index is 1160. The van der Waals surface area contributed by atoms with Crippen molar-refractivity contribution in [2.45, 2.75) is 56.6 Å². The molecule has 7 nitrogen and oxygen atoms in total. The van der Waals surface area contributed by atoms with Crippen LogP contribution in [0.4, 0.5) is 0 Å². The maximum atomic E-state index is 13.0. The second-order valence-corrected chi connectivity index (χ2v) is 12.2. The van der Waals surface area contributed by atoms with Crippen molar-refractivity contribution >= 4 is 22.1 Å². The maximum absolute atomic E-state index is 13.0. The molecule has 1 aliphatic carbocycles. The lowest BCUT2D eigenvalue weighted by molar-refractivity contribution is -0.131. The number of aliphatic hydroxyl groups excluding tert-OH is 1. The quantitative estimate of drug-likeness (QED) is 0.409. The number of rotatable bonds is 11. The van der Waals surface area contributed by atoms with Crippen molar-refractivity contribution in [3.05, 3.63) is 70.8 Å². The summed E-state index contributed by atoms with van der Waals surface area (Å²) in [7, 11) is -2.35. The van der Waals surface area contributed by atoms with Gasteiger partial charge in [-0.05, 0) is 86.4 Å². The van der Waals surface area contributed by atoms with Crippen molar-refractivity contribution in [3.63, 3.8) is 0 Å². The molecule has 3 N–H and O–H groups in total. The summed E-state index contributed by atoms with van der Waals surface area (Å²) >= 11 is 0. The Morgan fingerprint density at radius 1 is 1.20 bits per heavy atom. The lowest BCUT2D eigenvalue weighted by Crippen LogP contribution is -2.47. The number of fused-ring (bicyclic) bond motifs is 1. The lowest BCUT2D eigenvalue weighted by atomic mass is 9.88. The van der Waals surface area contributed by atoms with Crippen molar-refractivity contribution in [2.24, 2.45) is 5.92 Å². The van der Waals surface area contributed by atoms with E-state index >= 15 is 0 Å². The van der Waals surface area contributed by atoms with Crippen molar-refractivity contribution < 1.29 is 23.4 Å². The Kier molecular flexibility index (Phi) is 8.54. The van der Waals surface area contributed by atoms with E-state index in [0.717, 1.165) is 29.6 Å². The zero-order valence-corrected chi connectivity index (χ0v) is 21.7. The monoisotopic (exact) mass is 500 g/mol. The second kappa shape index (κ2) is 11.0. The zero-order valence-electron chi connectivity index (χ0n) is 20.9. The third-order valence-corrected chi connectivity index (χ3v) is 8.39. The van der Waals surface area contributed by atoms with Gasteiger partial charge < -0.3 is 15.5 Å². The largest absolute Gasteiger partial charge is 0.478 e. The lowest BCUT2D eigenvalue weighted by Gasteiger charge is -2.31. The number of benzene rings is 2. The van der Waals surface area contributed by atoms with Crippen LogP contribution >= 0.6 is 0 Å². The fourth-order valence-electron chi connectivity index (χ4n) is 4.78. The Balaban J connectivity index is 1.54. The number of nitrogens with one attached hydrogen (secondary N) is 1. The first-order chi connectivity index (χ1) is 16.4. The van der Waals surface area contributed by atoms with Crippen LogP contribution in [0.15, 0.2) is 53.4 Å². The van der Waals surface area contributed by atoms with Gasteiger partial charge in [0.15, 0.2) is 0 Å². The molecule has 0 amide bonds. The van der Waals surface area contributed by atoms with Crippen molar-refractivity contribution in [1.29, 1.82) is 0 Å². The van der Waals surface area contributed by atoms with Crippen LogP contribution in [-0.4, -0.2) is 60.7 Å². The Labute approximate surface area is 208 Å². The van der Waals surface area contributed by atoms with Crippen LogP contribution < -0.4 is 5.32 Å². The van der Waals surface area contributed by atoms with Gasteiger partial charge in [0.25, 0.3) is 0 Å². The molecule has 35 heavy (non-hydrogen) atoms. The predicted octanol–water partition coefficient (Wildman–Crippen LogP) is 3.25. The summed E-state index contributed by atoms with van der Waals surface area (Å²) in [5.41, 5.74) is 3.92. The molecule has 8 heteroatoms. The van der Waals surface area contributed by atoms with Crippen LogP contribution in [0.1, 0.15) is 42.5 Å². The highest BCUT2D eigenvalue weighted by Gasteiger charge is 2.29. The number of aliphatic carboxylic acids is 1. The molecule has 2 aromatic rings. The normalized spacial score (nSPS) is 15.6. The summed E-state index contributed by atoms with van der Waals surface area (Å²) in [5.74, 6) is -0.522. The van der Waals surface area contributed by atoms with E-state index in [1.165, 1.54) is 36.4 Å². The molecule has 2 aromatic carbocycles. The van der Waals surface area contributed by atoms with Crippen molar-refractivity contribution in [2.75, 3.05) is 20.1 Å². The fraction of sp³-hybridized carbons (Fsp3) is 0.444. The Hall–Kier alpha value is -2.52. The summed E-state index contributed by atoms with van der Waals surface area (Å²) < 4.78 is 27.2. The Morgan fingerprint density at radius 2 is 1.83 bits per heavy atom. The first-order valence-electron chi connectivity index (χ1n) is 11.9. The molecule has 1 unspecified atom stereocenters. The molecule has 1 atom stereocenters. The molecule has 0 bridgehead atoms. The van der Waals surface area contributed by atoms with E-state index in [1.54, 1.807) is 13.0 Å². The smallest absolute Gasteiger partial charge is 0.328 e.